The normalized spacial score (nSPS) is 18.7. The highest BCUT2D eigenvalue weighted by atomic mass is 32.2. The van der Waals surface area contributed by atoms with Crippen molar-refractivity contribution in [2.24, 2.45) is 0 Å². The molecule has 0 radical (unpaired) electrons. The van der Waals surface area contributed by atoms with Gasteiger partial charge in [0.05, 0.1) is 29.2 Å². The summed E-state index contributed by atoms with van der Waals surface area (Å²) in [6, 6.07) is 19.5. The van der Waals surface area contributed by atoms with Crippen molar-refractivity contribution in [1.82, 2.24) is 4.90 Å². The van der Waals surface area contributed by atoms with Crippen LogP contribution in [-0.2, 0) is 11.2 Å². The van der Waals surface area contributed by atoms with Crippen molar-refractivity contribution in [3.63, 3.8) is 0 Å². The van der Waals surface area contributed by atoms with Gasteiger partial charge in [-0.2, -0.15) is 5.26 Å². The van der Waals surface area contributed by atoms with Gasteiger partial charge in [0, 0.05) is 18.0 Å². The standard InChI is InChI=1S/C27H31N3OS/c1-4-5-6-20-7-13-23(14-8-20)29-17-30-26(31)15-24(25(16-28)27(30)32-18-29)22-11-9-21(10-12-22)19(2)3/h7-14,19,24H,4-6,15,17-18H2,1-3H3/t24-/m0/s1. The van der Waals surface area contributed by atoms with Crippen molar-refractivity contribution in [2.75, 3.05) is 17.4 Å². The summed E-state index contributed by atoms with van der Waals surface area (Å²) in [4.78, 5) is 17.2. The number of carbonyl (C=O) groups is 1. The maximum atomic E-state index is 13.1. The van der Waals surface area contributed by atoms with E-state index in [0.29, 0.717) is 19.0 Å². The molecule has 2 aliphatic heterocycles. The molecule has 32 heavy (non-hydrogen) atoms. The quantitative estimate of drug-likeness (QED) is 0.518. The molecule has 1 saturated heterocycles. The van der Waals surface area contributed by atoms with E-state index in [1.54, 1.807) is 16.7 Å². The van der Waals surface area contributed by atoms with E-state index in [2.05, 4.69) is 80.3 Å². The first-order valence-corrected chi connectivity index (χ1v) is 12.5. The first-order chi connectivity index (χ1) is 15.5. The minimum Gasteiger partial charge on any atom is -0.344 e. The van der Waals surface area contributed by atoms with Gasteiger partial charge >= 0.3 is 0 Å². The number of hydrogen-bond acceptors (Lipinski definition) is 4. The highest BCUT2D eigenvalue weighted by molar-refractivity contribution is 8.03. The second-order valence-corrected chi connectivity index (χ2v) is 9.89. The van der Waals surface area contributed by atoms with Crippen molar-refractivity contribution >= 4 is 23.4 Å². The van der Waals surface area contributed by atoms with Crippen molar-refractivity contribution in [3.05, 3.63) is 75.8 Å². The Morgan fingerprint density at radius 1 is 1.12 bits per heavy atom. The topological polar surface area (TPSA) is 47.3 Å². The number of benzene rings is 2. The SMILES string of the molecule is CCCCc1ccc(N2CSC3=C(C#N)[C@H](c4ccc(C(C)C)cc4)CC(=O)N3C2)cc1. The summed E-state index contributed by atoms with van der Waals surface area (Å²) in [7, 11) is 0. The third-order valence-electron chi connectivity index (χ3n) is 6.42. The second-order valence-electron chi connectivity index (χ2n) is 8.96. The van der Waals surface area contributed by atoms with E-state index < -0.39 is 0 Å². The van der Waals surface area contributed by atoms with Crippen LogP contribution in [0.1, 0.15) is 68.6 Å². The maximum Gasteiger partial charge on any atom is 0.229 e. The molecule has 0 bridgehead atoms. The van der Waals surface area contributed by atoms with Crippen LogP contribution in [0.4, 0.5) is 5.69 Å². The fraction of sp³-hybridized carbons (Fsp3) is 0.407. The van der Waals surface area contributed by atoms with Crippen molar-refractivity contribution in [2.45, 2.75) is 58.3 Å². The number of nitriles is 1. The van der Waals surface area contributed by atoms with Crippen molar-refractivity contribution < 1.29 is 4.79 Å². The number of aryl methyl sites for hydroxylation is 1. The Balaban J connectivity index is 1.55. The molecule has 4 nitrogen and oxygen atoms in total. The summed E-state index contributed by atoms with van der Waals surface area (Å²) in [6.07, 6.45) is 3.85. The Morgan fingerprint density at radius 2 is 1.84 bits per heavy atom. The van der Waals surface area contributed by atoms with E-state index in [4.69, 9.17) is 0 Å². The maximum absolute atomic E-state index is 13.1. The monoisotopic (exact) mass is 445 g/mol. The molecule has 2 aliphatic rings. The summed E-state index contributed by atoms with van der Waals surface area (Å²) in [5.41, 5.74) is 5.52. The van der Waals surface area contributed by atoms with E-state index in [-0.39, 0.29) is 11.8 Å². The lowest BCUT2D eigenvalue weighted by Gasteiger charge is -2.42. The second kappa shape index (κ2) is 9.83. The number of hydrogen-bond donors (Lipinski definition) is 0. The highest BCUT2D eigenvalue weighted by Crippen LogP contribution is 2.43. The van der Waals surface area contributed by atoms with Crippen LogP contribution in [0.2, 0.25) is 0 Å². The van der Waals surface area contributed by atoms with Gasteiger partial charge in [-0.25, -0.2) is 0 Å². The molecule has 0 aliphatic carbocycles. The summed E-state index contributed by atoms with van der Waals surface area (Å²) < 4.78 is 0. The molecule has 4 rings (SSSR count). The van der Waals surface area contributed by atoms with Crippen LogP contribution >= 0.6 is 11.8 Å². The van der Waals surface area contributed by atoms with Crippen LogP contribution < -0.4 is 4.90 Å². The molecule has 0 N–H and O–H groups in total. The molecule has 5 heteroatoms. The smallest absolute Gasteiger partial charge is 0.229 e. The zero-order chi connectivity index (χ0) is 22.7. The molecule has 0 aromatic heterocycles. The third kappa shape index (κ3) is 4.56. The lowest BCUT2D eigenvalue weighted by molar-refractivity contribution is -0.129. The minimum atomic E-state index is -0.156. The van der Waals surface area contributed by atoms with Gasteiger partial charge in [0.2, 0.25) is 5.91 Å². The lowest BCUT2D eigenvalue weighted by Crippen LogP contribution is -2.47. The molecule has 2 aromatic rings. The van der Waals surface area contributed by atoms with Crippen molar-refractivity contribution in [1.29, 1.82) is 5.26 Å². The molecule has 166 valence electrons. The predicted octanol–water partition coefficient (Wildman–Crippen LogP) is 6.37. The number of fused-ring (bicyclic) bond motifs is 1. The van der Waals surface area contributed by atoms with Gasteiger partial charge in [-0.3, -0.25) is 9.69 Å². The Morgan fingerprint density at radius 3 is 2.47 bits per heavy atom. The van der Waals surface area contributed by atoms with Gasteiger partial charge < -0.3 is 4.90 Å². The van der Waals surface area contributed by atoms with E-state index in [1.807, 2.05) is 0 Å². The molecule has 0 unspecified atom stereocenters. The first kappa shape index (κ1) is 22.5. The highest BCUT2D eigenvalue weighted by Gasteiger charge is 2.38. The van der Waals surface area contributed by atoms with Crippen LogP contribution in [0.3, 0.4) is 0 Å². The summed E-state index contributed by atoms with van der Waals surface area (Å²) in [5.74, 6) is 1.13. The molecular weight excluding hydrogens is 414 g/mol. The first-order valence-electron chi connectivity index (χ1n) is 11.5. The van der Waals surface area contributed by atoms with Crippen molar-refractivity contribution in [3.8, 4) is 6.07 Å². The zero-order valence-electron chi connectivity index (χ0n) is 19.2. The molecule has 2 heterocycles. The molecule has 0 saturated carbocycles. The van der Waals surface area contributed by atoms with E-state index in [1.165, 1.54) is 24.0 Å². The number of unbranched alkanes of at least 4 members (excludes halogenated alkanes) is 1. The predicted molar refractivity (Wildman–Crippen MR) is 132 cm³/mol. The molecule has 1 fully saturated rings. The Bertz CT molecular complexity index is 1030. The fourth-order valence-corrected chi connectivity index (χ4v) is 5.55. The van der Waals surface area contributed by atoms with Gasteiger partial charge in [-0.1, -0.05) is 75.4 Å². The lowest BCUT2D eigenvalue weighted by atomic mass is 9.85. The molecular formula is C27H31N3OS. The molecule has 2 aromatic carbocycles. The van der Waals surface area contributed by atoms with Crippen LogP contribution in [0.15, 0.2) is 59.1 Å². The number of nitrogens with zero attached hydrogens (tertiary/aromatic N) is 3. The summed E-state index contributed by atoms with van der Waals surface area (Å²) in [5, 5.41) is 10.8. The van der Waals surface area contributed by atoms with Gasteiger partial charge in [0.1, 0.15) is 0 Å². The summed E-state index contributed by atoms with van der Waals surface area (Å²) in [6.45, 7) is 7.05. The Kier molecular flexibility index (Phi) is 6.91. The number of carbonyl (C=O) groups excluding carboxylic acids is 1. The fourth-order valence-electron chi connectivity index (χ4n) is 4.38. The number of allylic oxidation sites excluding steroid dienone is 1. The van der Waals surface area contributed by atoms with Gasteiger partial charge in [-0.15, -0.1) is 0 Å². The third-order valence-corrected chi connectivity index (χ3v) is 7.57. The van der Waals surface area contributed by atoms with Crippen LogP contribution in [0, 0.1) is 11.3 Å². The van der Waals surface area contributed by atoms with Crippen LogP contribution in [0.25, 0.3) is 0 Å². The van der Waals surface area contributed by atoms with Gasteiger partial charge in [0.15, 0.2) is 0 Å². The minimum absolute atomic E-state index is 0.0914. The number of thioether (sulfide) groups is 1. The van der Waals surface area contributed by atoms with Gasteiger partial charge in [-0.05, 0) is 47.6 Å². The average molecular weight is 446 g/mol. The molecule has 1 amide bonds. The van der Waals surface area contributed by atoms with Gasteiger partial charge in [0.25, 0.3) is 0 Å². The van der Waals surface area contributed by atoms with Crippen LogP contribution in [0.5, 0.6) is 0 Å². The van der Waals surface area contributed by atoms with Crippen LogP contribution in [-0.4, -0.2) is 23.4 Å². The molecule has 0 spiro atoms. The zero-order valence-corrected chi connectivity index (χ0v) is 20.0. The number of rotatable bonds is 6. The Hall–Kier alpha value is -2.71. The Labute approximate surface area is 195 Å². The number of anilines is 1. The van der Waals surface area contributed by atoms with E-state index in [9.17, 15) is 10.1 Å². The summed E-state index contributed by atoms with van der Waals surface area (Å²) >= 11 is 1.60. The molecule has 1 atom stereocenters. The van der Waals surface area contributed by atoms with E-state index >= 15 is 0 Å². The van der Waals surface area contributed by atoms with E-state index in [0.717, 1.165) is 34.2 Å². The number of amides is 1. The average Bonchev–Trinajstić information content (AvgIpc) is 2.83. The largest absolute Gasteiger partial charge is 0.344 e.